The Balaban J connectivity index is 1.65. The fourth-order valence-corrected chi connectivity index (χ4v) is 6.75. The van der Waals surface area contributed by atoms with Crippen molar-refractivity contribution in [3.8, 4) is 5.75 Å². The van der Waals surface area contributed by atoms with Crippen LogP contribution in [0, 0.1) is 29.6 Å². The molecule has 1 heterocycles. The normalized spacial score (nSPS) is 47.3. The molecule has 124 valence electrons. The molecule has 4 bridgehead atoms. The fourth-order valence-electron chi connectivity index (χ4n) is 6.75. The average Bonchev–Trinajstić information content (AvgIpc) is 2.45. The summed E-state index contributed by atoms with van der Waals surface area (Å²) in [6.45, 7) is 4.47. The first-order chi connectivity index (χ1) is 11.1. The molecular formula is C20H26O3. The molecule has 0 amide bonds. The van der Waals surface area contributed by atoms with Crippen molar-refractivity contribution >= 4 is 0 Å². The van der Waals surface area contributed by atoms with Gasteiger partial charge in [0.1, 0.15) is 11.4 Å². The third kappa shape index (κ3) is 1.58. The molecule has 4 saturated carbocycles. The molecule has 0 radical (unpaired) electrons. The number of benzene rings is 1. The number of hydrogen-bond acceptors (Lipinski definition) is 3. The quantitative estimate of drug-likeness (QED) is 0.822. The van der Waals surface area contributed by atoms with Gasteiger partial charge in [-0.3, -0.25) is 0 Å². The predicted octanol–water partition coefficient (Wildman–Crippen LogP) is 4.40. The molecule has 3 nitrogen and oxygen atoms in total. The van der Waals surface area contributed by atoms with Crippen LogP contribution in [-0.2, 0) is 15.4 Å². The van der Waals surface area contributed by atoms with Crippen molar-refractivity contribution in [3.63, 3.8) is 0 Å². The van der Waals surface area contributed by atoms with Gasteiger partial charge in [0.15, 0.2) is 5.60 Å². The van der Waals surface area contributed by atoms with Crippen LogP contribution >= 0.6 is 0 Å². The van der Waals surface area contributed by atoms with Crippen molar-refractivity contribution in [2.45, 2.75) is 57.2 Å². The molecule has 1 aliphatic heterocycles. The number of phenolic OH excluding ortho intramolecular Hbond substituents is 1. The van der Waals surface area contributed by atoms with Gasteiger partial charge in [-0.15, -0.1) is 0 Å². The van der Waals surface area contributed by atoms with Crippen LogP contribution in [0.15, 0.2) is 24.3 Å². The molecule has 1 aromatic carbocycles. The maximum atomic E-state index is 10.0. The van der Waals surface area contributed by atoms with Crippen molar-refractivity contribution in [1.82, 2.24) is 0 Å². The van der Waals surface area contributed by atoms with Crippen molar-refractivity contribution in [2.24, 2.45) is 29.6 Å². The second kappa shape index (κ2) is 4.52. The molecule has 5 fully saturated rings. The molecule has 1 atom stereocenters. The van der Waals surface area contributed by atoms with E-state index in [0.717, 1.165) is 17.4 Å². The zero-order valence-electron chi connectivity index (χ0n) is 14.0. The highest BCUT2D eigenvalue weighted by molar-refractivity contribution is 5.37. The third-order valence-corrected chi connectivity index (χ3v) is 7.33. The molecule has 0 aromatic heterocycles. The van der Waals surface area contributed by atoms with Gasteiger partial charge in [0.25, 0.3) is 0 Å². The van der Waals surface area contributed by atoms with E-state index in [1.807, 2.05) is 12.1 Å². The Bertz CT molecular complexity index is 610. The lowest BCUT2D eigenvalue weighted by atomic mass is 9.44. The van der Waals surface area contributed by atoms with E-state index in [4.69, 9.17) is 9.78 Å². The van der Waals surface area contributed by atoms with Crippen LogP contribution in [0.4, 0.5) is 0 Å². The Morgan fingerprint density at radius 1 is 1.00 bits per heavy atom. The summed E-state index contributed by atoms with van der Waals surface area (Å²) in [5, 5.41) is 10.0. The highest BCUT2D eigenvalue weighted by Gasteiger charge is 2.76. The maximum Gasteiger partial charge on any atom is 0.163 e. The van der Waals surface area contributed by atoms with Crippen LogP contribution in [0.2, 0.25) is 0 Å². The molecule has 1 N–H and O–H groups in total. The third-order valence-electron chi connectivity index (χ3n) is 7.33. The SMILES string of the molecule is CC(C)C1(c2cccc(O)c2)OOC12C1CC3CC(C1)CC2C3. The van der Waals surface area contributed by atoms with Crippen LogP contribution < -0.4 is 0 Å². The Kier molecular flexibility index (Phi) is 2.81. The van der Waals surface area contributed by atoms with Gasteiger partial charge in [-0.2, -0.15) is 0 Å². The van der Waals surface area contributed by atoms with Gasteiger partial charge in [-0.1, -0.05) is 26.0 Å². The standard InChI is InChI=1S/C20H26O3/c1-12(2)19(15-4-3-5-18(21)11-15)20(23-22-19)16-7-13-6-14(9-16)10-17(20)8-13/h3-5,11-14,16-17,21H,6-10H2,1-2H3. The summed E-state index contributed by atoms with van der Waals surface area (Å²) >= 11 is 0. The maximum absolute atomic E-state index is 10.0. The second-order valence-electron chi connectivity index (χ2n) is 8.70. The van der Waals surface area contributed by atoms with E-state index in [-0.39, 0.29) is 5.60 Å². The lowest BCUT2D eigenvalue weighted by Gasteiger charge is -2.71. The van der Waals surface area contributed by atoms with E-state index in [0.29, 0.717) is 23.5 Å². The molecule has 1 aromatic rings. The number of aromatic hydroxyl groups is 1. The van der Waals surface area contributed by atoms with E-state index in [1.165, 1.54) is 32.1 Å². The largest absolute Gasteiger partial charge is 0.508 e. The topological polar surface area (TPSA) is 38.7 Å². The lowest BCUT2D eigenvalue weighted by molar-refractivity contribution is -0.603. The molecule has 1 unspecified atom stereocenters. The average molecular weight is 314 g/mol. The fraction of sp³-hybridized carbons (Fsp3) is 0.700. The van der Waals surface area contributed by atoms with E-state index in [1.54, 1.807) is 6.07 Å². The smallest absolute Gasteiger partial charge is 0.163 e. The minimum Gasteiger partial charge on any atom is -0.508 e. The van der Waals surface area contributed by atoms with Gasteiger partial charge in [0, 0.05) is 0 Å². The van der Waals surface area contributed by atoms with E-state index in [2.05, 4.69) is 19.9 Å². The lowest BCUT2D eigenvalue weighted by Crippen LogP contribution is -2.77. The van der Waals surface area contributed by atoms with Gasteiger partial charge in [-0.25, -0.2) is 9.78 Å². The first-order valence-corrected chi connectivity index (χ1v) is 9.22. The zero-order valence-corrected chi connectivity index (χ0v) is 14.0. The van der Waals surface area contributed by atoms with E-state index in [9.17, 15) is 5.11 Å². The monoisotopic (exact) mass is 314 g/mol. The summed E-state index contributed by atoms with van der Waals surface area (Å²) in [6, 6.07) is 7.66. The molecule has 5 aliphatic rings. The highest BCUT2D eigenvalue weighted by Crippen LogP contribution is 2.70. The Morgan fingerprint density at radius 2 is 1.65 bits per heavy atom. The molecule has 6 rings (SSSR count). The summed E-state index contributed by atoms with van der Waals surface area (Å²) in [5.41, 5.74) is 0.503. The highest BCUT2D eigenvalue weighted by atomic mass is 17.3. The van der Waals surface area contributed by atoms with Gasteiger partial charge >= 0.3 is 0 Å². The summed E-state index contributed by atoms with van der Waals surface area (Å²) in [5.74, 6) is 3.66. The molecule has 4 aliphatic carbocycles. The van der Waals surface area contributed by atoms with Crippen molar-refractivity contribution in [2.75, 3.05) is 0 Å². The van der Waals surface area contributed by atoms with E-state index < -0.39 is 5.60 Å². The Labute approximate surface area is 137 Å². The number of phenols is 1. The van der Waals surface area contributed by atoms with Crippen molar-refractivity contribution in [3.05, 3.63) is 29.8 Å². The van der Waals surface area contributed by atoms with E-state index >= 15 is 0 Å². The second-order valence-corrected chi connectivity index (χ2v) is 8.70. The van der Waals surface area contributed by atoms with Gasteiger partial charge in [0.2, 0.25) is 0 Å². The summed E-state index contributed by atoms with van der Waals surface area (Å²) < 4.78 is 0. The van der Waals surface area contributed by atoms with Gasteiger partial charge in [0.05, 0.1) is 0 Å². The minimum atomic E-state index is -0.408. The predicted molar refractivity (Wildman–Crippen MR) is 86.6 cm³/mol. The molecule has 1 spiro atoms. The van der Waals surface area contributed by atoms with Gasteiger partial charge < -0.3 is 5.11 Å². The van der Waals surface area contributed by atoms with Crippen LogP contribution in [0.1, 0.15) is 51.5 Å². The number of hydrogen-bond donors (Lipinski definition) is 1. The molecule has 3 heteroatoms. The minimum absolute atomic E-state index is 0.178. The molecular weight excluding hydrogens is 288 g/mol. The van der Waals surface area contributed by atoms with Crippen LogP contribution in [0.3, 0.4) is 0 Å². The summed E-state index contributed by atoms with van der Waals surface area (Å²) in [4.78, 5) is 12.1. The number of rotatable bonds is 2. The van der Waals surface area contributed by atoms with Crippen LogP contribution in [0.5, 0.6) is 5.75 Å². The first-order valence-electron chi connectivity index (χ1n) is 9.22. The zero-order chi connectivity index (χ0) is 15.8. The van der Waals surface area contributed by atoms with Crippen molar-refractivity contribution < 1.29 is 14.9 Å². The van der Waals surface area contributed by atoms with Crippen molar-refractivity contribution in [1.29, 1.82) is 0 Å². The Hall–Kier alpha value is -1.06. The van der Waals surface area contributed by atoms with Crippen LogP contribution in [-0.4, -0.2) is 10.7 Å². The summed E-state index contributed by atoms with van der Waals surface area (Å²) in [7, 11) is 0. The molecule has 23 heavy (non-hydrogen) atoms. The summed E-state index contributed by atoms with van der Waals surface area (Å²) in [6.07, 6.45) is 6.62. The Morgan fingerprint density at radius 3 is 2.13 bits per heavy atom. The van der Waals surface area contributed by atoms with Gasteiger partial charge in [-0.05, 0) is 79.4 Å². The first kappa shape index (κ1) is 14.3. The molecule has 1 saturated heterocycles. The van der Waals surface area contributed by atoms with Crippen LogP contribution in [0.25, 0.3) is 0 Å².